The normalized spacial score (nSPS) is 11.3. The molecule has 0 aliphatic rings. The fourth-order valence-electron chi connectivity index (χ4n) is 2.91. The van der Waals surface area contributed by atoms with Gasteiger partial charge in [0, 0.05) is 18.7 Å². The van der Waals surface area contributed by atoms with Crippen molar-refractivity contribution < 1.29 is 23.9 Å². The molecule has 0 aliphatic carbocycles. The second kappa shape index (κ2) is 13.1. The Balaban J connectivity index is 2.05. The molecule has 7 heteroatoms. The maximum Gasteiger partial charge on any atom is 0.407 e. The van der Waals surface area contributed by atoms with Gasteiger partial charge in [0.2, 0.25) is 0 Å². The van der Waals surface area contributed by atoms with Crippen molar-refractivity contribution in [1.82, 2.24) is 10.6 Å². The van der Waals surface area contributed by atoms with Gasteiger partial charge in [0.05, 0.1) is 0 Å². The number of nitrogens with one attached hydrogen (secondary N) is 2. The zero-order valence-corrected chi connectivity index (χ0v) is 18.6. The Labute approximate surface area is 188 Å². The van der Waals surface area contributed by atoms with Gasteiger partial charge in [-0.3, -0.25) is 9.59 Å². The zero-order chi connectivity index (χ0) is 23.3. The van der Waals surface area contributed by atoms with E-state index in [4.69, 9.17) is 9.47 Å². The quantitative estimate of drug-likeness (QED) is 0.495. The number of Topliss-reactive ketones (excluding diaryl/α,β-unsaturated/α-hetero) is 1. The Kier molecular flexibility index (Phi) is 10.1. The molecule has 2 amide bonds. The van der Waals surface area contributed by atoms with Crippen LogP contribution in [0.15, 0.2) is 61.2 Å². The van der Waals surface area contributed by atoms with E-state index in [1.807, 2.05) is 24.3 Å². The molecule has 0 radical (unpaired) electrons. The summed E-state index contributed by atoms with van der Waals surface area (Å²) in [6.45, 7) is 7.46. The van der Waals surface area contributed by atoms with Gasteiger partial charge in [0.1, 0.15) is 19.3 Å². The molecule has 0 aliphatic heterocycles. The standard InChI is InChI=1S/C25H30N2O5/c1-4-15-32-25(30)26-16-22(23(28)17-31-6-3)27-24(29)21-13-11-20(12-14-21)19-9-7-18(5-2)8-10-19/h4,7-14,22H,1,5-6,15-17H2,2-3H3,(H,26,30)(H,27,29)/t22-/m0/s1. The van der Waals surface area contributed by atoms with E-state index in [-0.39, 0.29) is 25.5 Å². The molecular weight excluding hydrogens is 408 g/mol. The van der Waals surface area contributed by atoms with Crippen LogP contribution in [0, 0.1) is 0 Å². The Morgan fingerprint density at radius 2 is 1.62 bits per heavy atom. The number of hydrogen-bond donors (Lipinski definition) is 2. The van der Waals surface area contributed by atoms with Crippen molar-refractivity contribution in [2.24, 2.45) is 0 Å². The molecular formula is C25H30N2O5. The largest absolute Gasteiger partial charge is 0.445 e. The van der Waals surface area contributed by atoms with Gasteiger partial charge in [-0.1, -0.05) is 56.0 Å². The molecule has 2 aromatic carbocycles. The van der Waals surface area contributed by atoms with E-state index in [1.54, 1.807) is 19.1 Å². The molecule has 0 heterocycles. The first-order valence-electron chi connectivity index (χ1n) is 10.6. The summed E-state index contributed by atoms with van der Waals surface area (Å²) in [5.74, 6) is -0.772. The number of ether oxygens (including phenoxy) is 2. The maximum atomic E-state index is 12.7. The van der Waals surface area contributed by atoms with Crippen molar-refractivity contribution in [1.29, 1.82) is 0 Å². The first-order chi connectivity index (χ1) is 15.5. The molecule has 7 nitrogen and oxygen atoms in total. The summed E-state index contributed by atoms with van der Waals surface area (Å²) in [5, 5.41) is 5.14. The van der Waals surface area contributed by atoms with Gasteiger partial charge >= 0.3 is 6.09 Å². The van der Waals surface area contributed by atoms with Gasteiger partial charge < -0.3 is 20.1 Å². The average molecular weight is 439 g/mol. The predicted octanol–water partition coefficient (Wildman–Crippen LogP) is 3.53. The van der Waals surface area contributed by atoms with Gasteiger partial charge in [-0.05, 0) is 42.2 Å². The van der Waals surface area contributed by atoms with Crippen LogP contribution in [0.4, 0.5) is 4.79 Å². The van der Waals surface area contributed by atoms with E-state index in [2.05, 4.69) is 36.3 Å². The first kappa shape index (κ1) is 24.8. The van der Waals surface area contributed by atoms with Gasteiger partial charge in [-0.15, -0.1) is 0 Å². The Morgan fingerprint density at radius 1 is 1.00 bits per heavy atom. The number of carbonyl (C=O) groups excluding carboxylic acids is 3. The second-order valence-corrected chi connectivity index (χ2v) is 7.03. The number of hydrogen-bond acceptors (Lipinski definition) is 5. The van der Waals surface area contributed by atoms with Crippen molar-refractivity contribution in [2.45, 2.75) is 26.3 Å². The van der Waals surface area contributed by atoms with Crippen LogP contribution >= 0.6 is 0 Å². The van der Waals surface area contributed by atoms with Crippen molar-refractivity contribution in [3.63, 3.8) is 0 Å². The number of alkyl carbamates (subject to hydrolysis) is 1. The van der Waals surface area contributed by atoms with Crippen molar-refractivity contribution >= 4 is 17.8 Å². The summed E-state index contributed by atoms with van der Waals surface area (Å²) >= 11 is 0. The van der Waals surface area contributed by atoms with E-state index in [0.29, 0.717) is 12.2 Å². The summed E-state index contributed by atoms with van der Waals surface area (Å²) in [6, 6.07) is 14.4. The Bertz CT molecular complexity index is 907. The number of benzene rings is 2. The van der Waals surface area contributed by atoms with E-state index in [9.17, 15) is 14.4 Å². The highest BCUT2D eigenvalue weighted by molar-refractivity contribution is 5.98. The summed E-state index contributed by atoms with van der Waals surface area (Å²) < 4.78 is 10.00. The topological polar surface area (TPSA) is 93.7 Å². The van der Waals surface area contributed by atoms with E-state index < -0.39 is 18.0 Å². The van der Waals surface area contributed by atoms with Crippen molar-refractivity contribution in [2.75, 3.05) is 26.4 Å². The lowest BCUT2D eigenvalue weighted by molar-refractivity contribution is -0.125. The smallest absolute Gasteiger partial charge is 0.407 e. The highest BCUT2D eigenvalue weighted by atomic mass is 16.5. The number of carbonyl (C=O) groups is 3. The fraction of sp³-hybridized carbons (Fsp3) is 0.320. The molecule has 2 N–H and O–H groups in total. The summed E-state index contributed by atoms with van der Waals surface area (Å²) in [4.78, 5) is 36.8. The minimum Gasteiger partial charge on any atom is -0.445 e. The first-order valence-corrected chi connectivity index (χ1v) is 10.6. The molecule has 0 unspecified atom stereocenters. The van der Waals surface area contributed by atoms with Gasteiger partial charge in [-0.2, -0.15) is 0 Å². The molecule has 0 bridgehead atoms. The van der Waals surface area contributed by atoms with Gasteiger partial charge in [0.25, 0.3) is 5.91 Å². The average Bonchev–Trinajstić information content (AvgIpc) is 2.83. The van der Waals surface area contributed by atoms with Crippen LogP contribution in [-0.2, 0) is 20.7 Å². The molecule has 0 aromatic heterocycles. The third-order valence-electron chi connectivity index (χ3n) is 4.77. The third kappa shape index (κ3) is 7.67. The van der Waals surface area contributed by atoms with Crippen molar-refractivity contribution in [3.05, 3.63) is 72.3 Å². The highest BCUT2D eigenvalue weighted by Gasteiger charge is 2.22. The lowest BCUT2D eigenvalue weighted by atomic mass is 10.0. The number of rotatable bonds is 12. The molecule has 0 saturated carbocycles. The molecule has 0 saturated heterocycles. The van der Waals surface area contributed by atoms with Crippen molar-refractivity contribution in [3.8, 4) is 11.1 Å². The second-order valence-electron chi connectivity index (χ2n) is 7.03. The third-order valence-corrected chi connectivity index (χ3v) is 4.77. The number of ketones is 1. The summed E-state index contributed by atoms with van der Waals surface area (Å²) in [7, 11) is 0. The summed E-state index contributed by atoms with van der Waals surface area (Å²) in [6.07, 6.45) is 1.71. The van der Waals surface area contributed by atoms with Crippen LogP contribution in [0.25, 0.3) is 11.1 Å². The van der Waals surface area contributed by atoms with E-state index in [0.717, 1.165) is 17.5 Å². The molecule has 0 fully saturated rings. The fourth-order valence-corrected chi connectivity index (χ4v) is 2.91. The molecule has 0 spiro atoms. The van der Waals surface area contributed by atoms with Gasteiger partial charge in [-0.25, -0.2) is 4.79 Å². The number of aryl methyl sites for hydroxylation is 1. The minimum atomic E-state index is -0.952. The molecule has 2 rings (SSSR count). The number of amides is 2. The SMILES string of the molecule is C=CCOC(=O)NC[C@H](NC(=O)c1ccc(-c2ccc(CC)cc2)cc1)C(=O)COCC. The van der Waals surface area contributed by atoms with Crippen LogP contribution < -0.4 is 10.6 Å². The molecule has 1 atom stereocenters. The molecule has 2 aromatic rings. The van der Waals surface area contributed by atoms with Crippen LogP contribution in [0.5, 0.6) is 0 Å². The van der Waals surface area contributed by atoms with E-state index in [1.165, 1.54) is 11.6 Å². The predicted molar refractivity (Wildman–Crippen MR) is 124 cm³/mol. The summed E-state index contributed by atoms with van der Waals surface area (Å²) in [5.41, 5.74) is 3.71. The van der Waals surface area contributed by atoms with Crippen LogP contribution in [0.2, 0.25) is 0 Å². The Morgan fingerprint density at radius 3 is 2.19 bits per heavy atom. The van der Waals surface area contributed by atoms with E-state index >= 15 is 0 Å². The van der Waals surface area contributed by atoms with Gasteiger partial charge in [0.15, 0.2) is 5.78 Å². The molecule has 170 valence electrons. The monoisotopic (exact) mass is 438 g/mol. The van der Waals surface area contributed by atoms with Crippen LogP contribution in [0.3, 0.4) is 0 Å². The minimum absolute atomic E-state index is 0.0449. The zero-order valence-electron chi connectivity index (χ0n) is 18.6. The van der Waals surface area contributed by atoms with Crippen LogP contribution in [-0.4, -0.2) is 50.2 Å². The molecule has 32 heavy (non-hydrogen) atoms. The Hall–Kier alpha value is -3.45. The lowest BCUT2D eigenvalue weighted by Crippen LogP contribution is -2.49. The highest BCUT2D eigenvalue weighted by Crippen LogP contribution is 2.20. The van der Waals surface area contributed by atoms with Crippen LogP contribution in [0.1, 0.15) is 29.8 Å². The lowest BCUT2D eigenvalue weighted by Gasteiger charge is -2.18. The maximum absolute atomic E-state index is 12.7.